The summed E-state index contributed by atoms with van der Waals surface area (Å²) >= 11 is 0. The Bertz CT molecular complexity index is 167. The van der Waals surface area contributed by atoms with Gasteiger partial charge in [-0.2, -0.15) is 0 Å². The summed E-state index contributed by atoms with van der Waals surface area (Å²) < 4.78 is 0. The lowest BCUT2D eigenvalue weighted by Crippen LogP contribution is -2.38. The lowest BCUT2D eigenvalue weighted by Gasteiger charge is -2.41. The zero-order valence-electron chi connectivity index (χ0n) is 9.13. The Labute approximate surface area is 82.5 Å². The summed E-state index contributed by atoms with van der Waals surface area (Å²) in [4.78, 5) is 2.54. The van der Waals surface area contributed by atoms with E-state index in [1.165, 1.54) is 45.2 Å². The lowest BCUT2D eigenvalue weighted by atomic mass is 9.70. The van der Waals surface area contributed by atoms with Gasteiger partial charge in [0.25, 0.3) is 0 Å². The topological polar surface area (TPSA) is 3.24 Å². The molecule has 2 aliphatic heterocycles. The first-order valence-electron chi connectivity index (χ1n) is 5.98. The second-order valence-electron chi connectivity index (χ2n) is 5.16. The van der Waals surface area contributed by atoms with Crippen LogP contribution in [-0.4, -0.2) is 25.0 Å². The normalized spacial score (nSPS) is 41.5. The number of hydrogen-bond acceptors (Lipinski definition) is 1. The van der Waals surface area contributed by atoms with E-state index >= 15 is 0 Å². The van der Waals surface area contributed by atoms with E-state index < -0.39 is 0 Å². The van der Waals surface area contributed by atoms with Crippen LogP contribution in [0.5, 0.6) is 0 Å². The Hall–Kier alpha value is -0.0400. The number of fused-ring (bicyclic) bond motifs is 5. The molecular formula is C12H23N. The Kier molecular flexibility index (Phi) is 2.92. The molecule has 3 aliphatic rings. The minimum absolute atomic E-state index is 1.02. The van der Waals surface area contributed by atoms with Crippen LogP contribution in [0.1, 0.15) is 39.0 Å². The van der Waals surface area contributed by atoms with Crippen LogP contribution in [-0.2, 0) is 0 Å². The van der Waals surface area contributed by atoms with Crippen molar-refractivity contribution in [3.8, 4) is 0 Å². The first-order valence-corrected chi connectivity index (χ1v) is 5.98. The van der Waals surface area contributed by atoms with E-state index in [4.69, 9.17) is 0 Å². The molecule has 2 bridgehead atoms. The second-order valence-corrected chi connectivity index (χ2v) is 5.16. The third kappa shape index (κ3) is 2.07. The number of hydrogen-bond donors (Lipinski definition) is 0. The molecule has 0 aromatic carbocycles. The van der Waals surface area contributed by atoms with Crippen molar-refractivity contribution < 1.29 is 0 Å². The van der Waals surface area contributed by atoms with Crippen LogP contribution >= 0.6 is 0 Å². The van der Waals surface area contributed by atoms with Crippen LogP contribution in [0.15, 0.2) is 0 Å². The number of nitrogens with zero attached hydrogens (tertiary/aromatic N) is 1. The van der Waals surface area contributed by atoms with Crippen molar-refractivity contribution in [2.75, 3.05) is 20.1 Å². The van der Waals surface area contributed by atoms with Crippen molar-refractivity contribution in [3.05, 3.63) is 0 Å². The van der Waals surface area contributed by atoms with E-state index in [2.05, 4.69) is 18.9 Å². The van der Waals surface area contributed by atoms with Gasteiger partial charge in [0, 0.05) is 6.54 Å². The van der Waals surface area contributed by atoms with Crippen LogP contribution in [0.3, 0.4) is 0 Å². The molecule has 0 aromatic rings. The van der Waals surface area contributed by atoms with Gasteiger partial charge in [-0.15, -0.1) is 0 Å². The molecule has 3 rings (SSSR count). The second kappa shape index (κ2) is 4.00. The molecule has 2 saturated heterocycles. The third-order valence-electron chi connectivity index (χ3n) is 4.22. The average molecular weight is 181 g/mol. The molecule has 0 radical (unpaired) electrons. The summed E-state index contributed by atoms with van der Waals surface area (Å²) in [5, 5.41) is 0. The average Bonchev–Trinajstić information content (AvgIpc) is 2.11. The maximum atomic E-state index is 2.54. The van der Waals surface area contributed by atoms with Crippen molar-refractivity contribution in [2.24, 2.45) is 17.8 Å². The summed E-state index contributed by atoms with van der Waals surface area (Å²) in [5.41, 5.74) is 0. The molecule has 0 amide bonds. The maximum Gasteiger partial charge on any atom is 0.000671 e. The van der Waals surface area contributed by atoms with Gasteiger partial charge in [-0.3, -0.25) is 0 Å². The smallest absolute Gasteiger partial charge is 0.000671 e. The largest absolute Gasteiger partial charge is 0.306 e. The highest BCUT2D eigenvalue weighted by molar-refractivity contribution is 4.83. The van der Waals surface area contributed by atoms with Crippen molar-refractivity contribution in [3.63, 3.8) is 0 Å². The van der Waals surface area contributed by atoms with Crippen molar-refractivity contribution in [1.82, 2.24) is 4.90 Å². The fourth-order valence-electron chi connectivity index (χ4n) is 3.39. The molecule has 2 heterocycles. The minimum Gasteiger partial charge on any atom is -0.306 e. The molecule has 0 spiro atoms. The predicted molar refractivity (Wildman–Crippen MR) is 56.7 cm³/mol. The zero-order chi connectivity index (χ0) is 9.26. The third-order valence-corrected chi connectivity index (χ3v) is 4.22. The van der Waals surface area contributed by atoms with Crippen LogP contribution in [0.25, 0.3) is 0 Å². The Morgan fingerprint density at radius 2 is 2.08 bits per heavy atom. The van der Waals surface area contributed by atoms with E-state index in [0.717, 1.165) is 17.8 Å². The van der Waals surface area contributed by atoms with E-state index in [0.29, 0.717) is 0 Å². The first kappa shape index (κ1) is 9.51. The van der Waals surface area contributed by atoms with Gasteiger partial charge in [-0.05, 0) is 57.0 Å². The predicted octanol–water partition coefficient (Wildman–Crippen LogP) is 2.76. The molecule has 0 N–H and O–H groups in total. The molecule has 1 nitrogen and oxygen atoms in total. The van der Waals surface area contributed by atoms with Gasteiger partial charge in [-0.25, -0.2) is 0 Å². The highest BCUT2D eigenvalue weighted by Gasteiger charge is 2.31. The minimum atomic E-state index is 1.02. The van der Waals surface area contributed by atoms with E-state index in [1.54, 1.807) is 0 Å². The van der Waals surface area contributed by atoms with Gasteiger partial charge in [0.2, 0.25) is 0 Å². The Morgan fingerprint density at radius 1 is 1.23 bits per heavy atom. The fraction of sp³-hybridized carbons (Fsp3) is 1.00. The number of rotatable bonds is 1. The van der Waals surface area contributed by atoms with Crippen molar-refractivity contribution in [2.45, 2.75) is 39.0 Å². The molecule has 1 aliphatic carbocycles. The van der Waals surface area contributed by atoms with Crippen LogP contribution < -0.4 is 0 Å². The van der Waals surface area contributed by atoms with E-state index in [9.17, 15) is 0 Å². The molecule has 1 saturated carbocycles. The molecule has 13 heavy (non-hydrogen) atoms. The summed E-state index contributed by atoms with van der Waals surface area (Å²) in [6.45, 7) is 5.09. The molecular weight excluding hydrogens is 158 g/mol. The van der Waals surface area contributed by atoms with Gasteiger partial charge in [-0.1, -0.05) is 13.3 Å². The molecule has 0 aromatic heterocycles. The van der Waals surface area contributed by atoms with Crippen LogP contribution in [0, 0.1) is 17.8 Å². The monoisotopic (exact) mass is 181 g/mol. The molecule has 3 fully saturated rings. The maximum absolute atomic E-state index is 2.54. The summed E-state index contributed by atoms with van der Waals surface area (Å²) in [6, 6.07) is 0. The quantitative estimate of drug-likeness (QED) is 0.601. The van der Waals surface area contributed by atoms with Crippen molar-refractivity contribution >= 4 is 0 Å². The molecule has 3 atom stereocenters. The van der Waals surface area contributed by atoms with E-state index in [-0.39, 0.29) is 0 Å². The summed E-state index contributed by atoms with van der Waals surface area (Å²) in [7, 11) is 2.29. The molecule has 1 heteroatoms. The van der Waals surface area contributed by atoms with E-state index in [1.807, 2.05) is 0 Å². The first-order chi connectivity index (χ1) is 6.29. The van der Waals surface area contributed by atoms with Crippen LogP contribution in [0.4, 0.5) is 0 Å². The van der Waals surface area contributed by atoms with Gasteiger partial charge >= 0.3 is 0 Å². The highest BCUT2D eigenvalue weighted by atomic mass is 15.1. The summed E-state index contributed by atoms with van der Waals surface area (Å²) in [5.74, 6) is 3.14. The van der Waals surface area contributed by atoms with Gasteiger partial charge < -0.3 is 4.90 Å². The SMILES string of the molecule is CCC1CC2CCC1CCN(C)C2. The van der Waals surface area contributed by atoms with Gasteiger partial charge in [0.1, 0.15) is 0 Å². The van der Waals surface area contributed by atoms with Gasteiger partial charge in [0.15, 0.2) is 0 Å². The van der Waals surface area contributed by atoms with Gasteiger partial charge in [0.05, 0.1) is 0 Å². The summed E-state index contributed by atoms with van der Waals surface area (Å²) in [6.07, 6.45) is 7.43. The fourth-order valence-corrected chi connectivity index (χ4v) is 3.39. The zero-order valence-corrected chi connectivity index (χ0v) is 9.13. The Balaban J connectivity index is 2.02. The standard InChI is InChI=1S/C12H23N/c1-3-11-8-10-4-5-12(11)6-7-13(2)9-10/h10-12H,3-9H2,1-2H3. The molecule has 76 valence electrons. The molecule has 3 unspecified atom stereocenters. The lowest BCUT2D eigenvalue weighted by molar-refractivity contribution is 0.0939. The Morgan fingerprint density at radius 3 is 2.85 bits per heavy atom. The van der Waals surface area contributed by atoms with Crippen molar-refractivity contribution in [1.29, 1.82) is 0 Å². The van der Waals surface area contributed by atoms with Crippen LogP contribution in [0.2, 0.25) is 0 Å². The highest BCUT2D eigenvalue weighted by Crippen LogP contribution is 2.39.